The Hall–Kier alpha value is -3.17. The van der Waals surface area contributed by atoms with Crippen LogP contribution < -0.4 is 15.5 Å². The second-order valence-corrected chi connectivity index (χ2v) is 7.60. The van der Waals surface area contributed by atoms with Crippen molar-refractivity contribution in [2.45, 2.75) is 33.1 Å². The van der Waals surface area contributed by atoms with Gasteiger partial charge in [-0.3, -0.25) is 25.0 Å². The van der Waals surface area contributed by atoms with E-state index in [0.717, 1.165) is 6.42 Å². The lowest BCUT2D eigenvalue weighted by molar-refractivity contribution is -0.384. The fourth-order valence-corrected chi connectivity index (χ4v) is 3.18. The molecule has 10 nitrogen and oxygen atoms in total. The van der Waals surface area contributed by atoms with Crippen molar-refractivity contribution < 1.29 is 24.0 Å². The van der Waals surface area contributed by atoms with Gasteiger partial charge in [0.05, 0.1) is 10.8 Å². The highest BCUT2D eigenvalue weighted by molar-refractivity contribution is 5.95. The molecular formula is C20H28N4O6. The van der Waals surface area contributed by atoms with Crippen molar-refractivity contribution in [2.75, 3.05) is 31.1 Å². The number of urea groups is 1. The summed E-state index contributed by atoms with van der Waals surface area (Å²) in [5.74, 6) is -1.16. The lowest BCUT2D eigenvalue weighted by Crippen LogP contribution is -2.42. The predicted octanol–water partition coefficient (Wildman–Crippen LogP) is 2.23. The number of nitro benzene ring substituents is 1. The summed E-state index contributed by atoms with van der Waals surface area (Å²) in [5.41, 5.74) is 0.555. The molecule has 0 unspecified atom stereocenters. The van der Waals surface area contributed by atoms with Gasteiger partial charge >= 0.3 is 12.0 Å². The summed E-state index contributed by atoms with van der Waals surface area (Å²) in [6, 6.07) is 5.87. The smallest absolute Gasteiger partial charge is 0.321 e. The van der Waals surface area contributed by atoms with E-state index in [9.17, 15) is 24.5 Å². The molecular weight excluding hydrogens is 392 g/mol. The van der Waals surface area contributed by atoms with Gasteiger partial charge in [-0.1, -0.05) is 26.0 Å². The number of anilines is 1. The van der Waals surface area contributed by atoms with E-state index in [-0.39, 0.29) is 5.69 Å². The van der Waals surface area contributed by atoms with Crippen molar-refractivity contribution in [1.82, 2.24) is 10.6 Å². The van der Waals surface area contributed by atoms with Crippen LogP contribution in [0.1, 0.15) is 33.1 Å². The van der Waals surface area contributed by atoms with E-state index in [1.807, 2.05) is 18.7 Å². The maximum atomic E-state index is 12.2. The van der Waals surface area contributed by atoms with Crippen LogP contribution in [0.15, 0.2) is 24.3 Å². The zero-order chi connectivity index (χ0) is 22.1. The van der Waals surface area contributed by atoms with E-state index < -0.39 is 35.4 Å². The van der Waals surface area contributed by atoms with E-state index in [4.69, 9.17) is 4.74 Å². The number of ether oxygens (including phenoxy) is 1. The zero-order valence-electron chi connectivity index (χ0n) is 17.3. The molecule has 1 aromatic carbocycles. The number of rotatable bonds is 8. The Morgan fingerprint density at radius 1 is 1.23 bits per heavy atom. The standard InChI is InChI=1S/C20H28N4O6/c1-14(2)7-10-21-20(27)22-18(25)13-30-19(26)15-8-11-23(12-9-15)16-5-3-4-6-17(16)24(28)29/h3-6,14-15H,7-13H2,1-2H3,(H2,21,22,25,27). The largest absolute Gasteiger partial charge is 0.455 e. The summed E-state index contributed by atoms with van der Waals surface area (Å²) in [5, 5.41) is 15.9. The van der Waals surface area contributed by atoms with E-state index in [1.54, 1.807) is 18.2 Å². The fourth-order valence-electron chi connectivity index (χ4n) is 3.18. The first-order chi connectivity index (χ1) is 14.3. The van der Waals surface area contributed by atoms with E-state index in [0.29, 0.717) is 44.1 Å². The summed E-state index contributed by atoms with van der Waals surface area (Å²) < 4.78 is 5.03. The van der Waals surface area contributed by atoms with Crippen LogP contribution in [0.5, 0.6) is 0 Å². The summed E-state index contributed by atoms with van der Waals surface area (Å²) in [6.45, 7) is 4.91. The van der Waals surface area contributed by atoms with Gasteiger partial charge in [0.15, 0.2) is 6.61 Å². The molecule has 2 rings (SSSR count). The average Bonchev–Trinajstić information content (AvgIpc) is 2.71. The zero-order valence-corrected chi connectivity index (χ0v) is 17.3. The summed E-state index contributed by atoms with van der Waals surface area (Å²) in [4.78, 5) is 48.2. The lowest BCUT2D eigenvalue weighted by atomic mass is 9.96. The predicted molar refractivity (Wildman–Crippen MR) is 110 cm³/mol. The van der Waals surface area contributed by atoms with Gasteiger partial charge in [-0.05, 0) is 31.2 Å². The number of hydrogen-bond acceptors (Lipinski definition) is 7. The van der Waals surface area contributed by atoms with Gasteiger partial charge in [-0.25, -0.2) is 4.79 Å². The first-order valence-corrected chi connectivity index (χ1v) is 10.0. The summed E-state index contributed by atoms with van der Waals surface area (Å²) in [7, 11) is 0. The molecule has 0 bridgehead atoms. The van der Waals surface area contributed by atoms with Crippen molar-refractivity contribution in [3.63, 3.8) is 0 Å². The van der Waals surface area contributed by atoms with Crippen LogP contribution >= 0.6 is 0 Å². The van der Waals surface area contributed by atoms with E-state index >= 15 is 0 Å². The second kappa shape index (κ2) is 11.1. The van der Waals surface area contributed by atoms with Crippen molar-refractivity contribution >= 4 is 29.3 Å². The molecule has 164 valence electrons. The molecule has 0 atom stereocenters. The van der Waals surface area contributed by atoms with Crippen molar-refractivity contribution in [1.29, 1.82) is 0 Å². The highest BCUT2D eigenvalue weighted by Crippen LogP contribution is 2.31. The molecule has 0 spiro atoms. The van der Waals surface area contributed by atoms with Crippen LogP contribution in [-0.4, -0.2) is 49.1 Å². The Labute approximate surface area is 175 Å². The lowest BCUT2D eigenvalue weighted by Gasteiger charge is -2.32. The Bertz CT molecular complexity index is 774. The number of benzene rings is 1. The molecule has 1 aromatic rings. The second-order valence-electron chi connectivity index (χ2n) is 7.60. The fraction of sp³-hybridized carbons (Fsp3) is 0.550. The Balaban J connectivity index is 1.74. The monoisotopic (exact) mass is 420 g/mol. The van der Waals surface area contributed by atoms with Gasteiger partial charge < -0.3 is 15.0 Å². The number of para-hydroxylation sites is 2. The molecule has 0 radical (unpaired) electrons. The first kappa shape index (κ1) is 23.1. The molecule has 1 aliphatic rings. The van der Waals surface area contributed by atoms with E-state index in [2.05, 4.69) is 10.6 Å². The number of esters is 1. The highest BCUT2D eigenvalue weighted by Gasteiger charge is 2.29. The van der Waals surface area contributed by atoms with Crippen LogP contribution in [0.4, 0.5) is 16.2 Å². The minimum absolute atomic E-state index is 0.0295. The van der Waals surface area contributed by atoms with Crippen LogP contribution in [0.25, 0.3) is 0 Å². The van der Waals surface area contributed by atoms with Gasteiger partial charge in [-0.2, -0.15) is 0 Å². The van der Waals surface area contributed by atoms with Crippen LogP contribution in [-0.2, 0) is 14.3 Å². The number of imide groups is 1. The molecule has 0 aromatic heterocycles. The molecule has 1 aliphatic heterocycles. The molecule has 3 amide bonds. The molecule has 0 aliphatic carbocycles. The number of nitrogens with one attached hydrogen (secondary N) is 2. The van der Waals surface area contributed by atoms with Crippen LogP contribution in [0.2, 0.25) is 0 Å². The van der Waals surface area contributed by atoms with Gasteiger partial charge in [0.2, 0.25) is 0 Å². The molecule has 0 saturated carbocycles. The third kappa shape index (κ3) is 7.02. The molecule has 1 fully saturated rings. The van der Waals surface area contributed by atoms with Crippen molar-refractivity contribution in [2.24, 2.45) is 11.8 Å². The first-order valence-electron chi connectivity index (χ1n) is 10.0. The third-order valence-corrected chi connectivity index (χ3v) is 4.85. The number of carbonyl (C=O) groups is 3. The molecule has 1 heterocycles. The van der Waals surface area contributed by atoms with Gasteiger partial charge in [0.1, 0.15) is 5.69 Å². The summed E-state index contributed by atoms with van der Waals surface area (Å²) >= 11 is 0. The minimum Gasteiger partial charge on any atom is -0.455 e. The van der Waals surface area contributed by atoms with Gasteiger partial charge in [0.25, 0.3) is 11.6 Å². The summed E-state index contributed by atoms with van der Waals surface area (Å²) in [6.07, 6.45) is 1.71. The molecule has 1 saturated heterocycles. The number of carbonyl (C=O) groups excluding carboxylic acids is 3. The molecule has 30 heavy (non-hydrogen) atoms. The molecule has 2 N–H and O–H groups in total. The Kier molecular flexibility index (Phi) is 8.57. The number of nitro groups is 1. The van der Waals surface area contributed by atoms with Gasteiger partial charge in [-0.15, -0.1) is 0 Å². The van der Waals surface area contributed by atoms with Crippen LogP contribution in [0, 0.1) is 22.0 Å². The third-order valence-electron chi connectivity index (χ3n) is 4.85. The van der Waals surface area contributed by atoms with E-state index in [1.165, 1.54) is 6.07 Å². The SMILES string of the molecule is CC(C)CCNC(=O)NC(=O)COC(=O)C1CCN(c2ccccc2[N+](=O)[O-])CC1. The highest BCUT2D eigenvalue weighted by atomic mass is 16.6. The number of hydrogen-bond donors (Lipinski definition) is 2. The number of amides is 3. The number of piperidine rings is 1. The minimum atomic E-state index is -0.692. The maximum absolute atomic E-state index is 12.2. The molecule has 10 heteroatoms. The Morgan fingerprint density at radius 3 is 2.53 bits per heavy atom. The van der Waals surface area contributed by atoms with Gasteiger partial charge in [0, 0.05) is 25.7 Å². The van der Waals surface area contributed by atoms with Crippen molar-refractivity contribution in [3.8, 4) is 0 Å². The maximum Gasteiger partial charge on any atom is 0.321 e. The topological polar surface area (TPSA) is 131 Å². The Morgan fingerprint density at radius 2 is 1.90 bits per heavy atom. The normalized spacial score (nSPS) is 14.3. The van der Waals surface area contributed by atoms with Crippen molar-refractivity contribution in [3.05, 3.63) is 34.4 Å². The average molecular weight is 420 g/mol. The number of nitrogens with zero attached hydrogens (tertiary/aromatic N) is 2. The van der Waals surface area contributed by atoms with Crippen LogP contribution in [0.3, 0.4) is 0 Å². The quantitative estimate of drug-likeness (QED) is 0.374.